The highest BCUT2D eigenvalue weighted by atomic mass is 16.6. The monoisotopic (exact) mass is 357 g/mol. The standard InChI is InChI=1S/C17H27NO7/c1-15(2)24-13-11-22-9-7-21-8-10-23-12-14-25-17-5-3-16(4-6-17)18(19)20/h3-6,15H,7-14H2,1-2H3. The lowest BCUT2D eigenvalue weighted by Gasteiger charge is -2.09. The predicted molar refractivity (Wildman–Crippen MR) is 92.1 cm³/mol. The summed E-state index contributed by atoms with van der Waals surface area (Å²) < 4.78 is 26.8. The molecule has 1 aromatic rings. The van der Waals surface area contributed by atoms with Gasteiger partial charge in [-0.05, 0) is 26.0 Å². The van der Waals surface area contributed by atoms with Gasteiger partial charge in [0, 0.05) is 12.1 Å². The fraction of sp³-hybridized carbons (Fsp3) is 0.647. The zero-order chi connectivity index (χ0) is 18.3. The SMILES string of the molecule is CC(C)OCCOCCOCCOCCOc1ccc([N+](=O)[O-])cc1. The maximum absolute atomic E-state index is 10.5. The Bertz CT molecular complexity index is 465. The van der Waals surface area contributed by atoms with Gasteiger partial charge in [0.1, 0.15) is 12.4 Å². The van der Waals surface area contributed by atoms with Crippen molar-refractivity contribution in [3.8, 4) is 5.75 Å². The normalized spacial score (nSPS) is 11.0. The van der Waals surface area contributed by atoms with E-state index < -0.39 is 4.92 Å². The molecule has 0 unspecified atom stereocenters. The minimum absolute atomic E-state index is 0.0391. The molecule has 0 aliphatic rings. The van der Waals surface area contributed by atoms with E-state index in [1.807, 2.05) is 13.8 Å². The molecule has 0 aromatic heterocycles. The molecule has 0 radical (unpaired) electrons. The largest absolute Gasteiger partial charge is 0.491 e. The van der Waals surface area contributed by atoms with Crippen LogP contribution in [-0.2, 0) is 18.9 Å². The lowest BCUT2D eigenvalue weighted by atomic mass is 10.3. The Morgan fingerprint density at radius 3 is 1.80 bits per heavy atom. The Morgan fingerprint density at radius 1 is 0.840 bits per heavy atom. The maximum atomic E-state index is 10.5. The van der Waals surface area contributed by atoms with E-state index in [1.165, 1.54) is 12.1 Å². The van der Waals surface area contributed by atoms with Crippen LogP contribution in [0.25, 0.3) is 0 Å². The van der Waals surface area contributed by atoms with Gasteiger partial charge in [-0.15, -0.1) is 0 Å². The van der Waals surface area contributed by atoms with Gasteiger partial charge < -0.3 is 23.7 Å². The Labute approximate surface area is 148 Å². The van der Waals surface area contributed by atoms with Gasteiger partial charge in [0.25, 0.3) is 5.69 Å². The summed E-state index contributed by atoms with van der Waals surface area (Å²) >= 11 is 0. The van der Waals surface area contributed by atoms with E-state index in [-0.39, 0.29) is 11.8 Å². The topological polar surface area (TPSA) is 89.3 Å². The van der Waals surface area contributed by atoms with Crippen molar-refractivity contribution < 1.29 is 28.6 Å². The van der Waals surface area contributed by atoms with Crippen molar-refractivity contribution in [2.75, 3.05) is 52.9 Å². The third-order valence-electron chi connectivity index (χ3n) is 2.97. The Morgan fingerprint density at radius 2 is 1.32 bits per heavy atom. The summed E-state index contributed by atoms with van der Waals surface area (Å²) in [6, 6.07) is 5.93. The highest BCUT2D eigenvalue weighted by Crippen LogP contribution is 2.16. The molecule has 0 bridgehead atoms. The van der Waals surface area contributed by atoms with Gasteiger partial charge in [-0.1, -0.05) is 0 Å². The molecule has 8 nitrogen and oxygen atoms in total. The molecule has 0 amide bonds. The van der Waals surface area contributed by atoms with Crippen molar-refractivity contribution in [3.05, 3.63) is 34.4 Å². The summed E-state index contributed by atoms with van der Waals surface area (Å²) in [5.74, 6) is 0.573. The highest BCUT2D eigenvalue weighted by molar-refractivity contribution is 5.35. The van der Waals surface area contributed by atoms with Gasteiger partial charge in [0.15, 0.2) is 0 Å². The molecule has 1 aromatic carbocycles. The van der Waals surface area contributed by atoms with E-state index in [0.29, 0.717) is 58.6 Å². The minimum atomic E-state index is -0.447. The van der Waals surface area contributed by atoms with Crippen LogP contribution < -0.4 is 4.74 Å². The van der Waals surface area contributed by atoms with Crippen LogP contribution in [0.15, 0.2) is 24.3 Å². The second kappa shape index (κ2) is 13.5. The summed E-state index contributed by atoms with van der Waals surface area (Å²) in [6.07, 6.45) is 0.224. The predicted octanol–water partition coefficient (Wildman–Crippen LogP) is 2.45. The van der Waals surface area contributed by atoms with Gasteiger partial charge in [0.2, 0.25) is 0 Å². The van der Waals surface area contributed by atoms with E-state index in [0.717, 1.165) is 0 Å². The molecular weight excluding hydrogens is 330 g/mol. The summed E-state index contributed by atoms with van der Waals surface area (Å²) in [5.41, 5.74) is 0.0391. The average Bonchev–Trinajstić information content (AvgIpc) is 2.59. The first-order valence-electron chi connectivity index (χ1n) is 8.31. The second-order valence-electron chi connectivity index (χ2n) is 5.36. The molecule has 0 aliphatic heterocycles. The first-order valence-corrected chi connectivity index (χ1v) is 8.31. The average molecular weight is 357 g/mol. The van der Waals surface area contributed by atoms with Crippen LogP contribution in [0.5, 0.6) is 5.75 Å². The van der Waals surface area contributed by atoms with Gasteiger partial charge in [-0.25, -0.2) is 0 Å². The summed E-state index contributed by atoms with van der Waals surface area (Å²) in [6.45, 7) is 7.94. The quantitative estimate of drug-likeness (QED) is 0.270. The van der Waals surface area contributed by atoms with E-state index in [1.54, 1.807) is 12.1 Å². The first-order chi connectivity index (χ1) is 12.1. The number of hydrogen-bond acceptors (Lipinski definition) is 7. The van der Waals surface area contributed by atoms with Gasteiger partial charge >= 0.3 is 0 Å². The lowest BCUT2D eigenvalue weighted by Crippen LogP contribution is -2.14. The fourth-order valence-corrected chi connectivity index (χ4v) is 1.77. The van der Waals surface area contributed by atoms with Crippen molar-refractivity contribution in [2.24, 2.45) is 0 Å². The molecule has 0 saturated heterocycles. The van der Waals surface area contributed by atoms with Crippen LogP contribution in [0, 0.1) is 10.1 Å². The summed E-state index contributed by atoms with van der Waals surface area (Å²) in [7, 11) is 0. The number of hydrogen-bond donors (Lipinski definition) is 0. The number of ether oxygens (including phenoxy) is 5. The number of nitrogens with zero attached hydrogens (tertiary/aromatic N) is 1. The maximum Gasteiger partial charge on any atom is 0.269 e. The molecular formula is C17H27NO7. The Hall–Kier alpha value is -1.74. The Kier molecular flexibility index (Phi) is 11.5. The molecule has 0 N–H and O–H groups in total. The lowest BCUT2D eigenvalue weighted by molar-refractivity contribution is -0.384. The summed E-state index contributed by atoms with van der Waals surface area (Å²) in [5, 5.41) is 10.5. The molecule has 0 aliphatic carbocycles. The molecule has 0 saturated carbocycles. The number of nitro groups is 1. The number of non-ortho nitro benzene ring substituents is 1. The zero-order valence-electron chi connectivity index (χ0n) is 14.8. The zero-order valence-corrected chi connectivity index (χ0v) is 14.8. The highest BCUT2D eigenvalue weighted by Gasteiger charge is 2.04. The van der Waals surface area contributed by atoms with Crippen molar-refractivity contribution in [2.45, 2.75) is 20.0 Å². The molecule has 0 heterocycles. The van der Waals surface area contributed by atoms with Crippen LogP contribution in [0.1, 0.15) is 13.8 Å². The van der Waals surface area contributed by atoms with Gasteiger partial charge in [-0.2, -0.15) is 0 Å². The van der Waals surface area contributed by atoms with Gasteiger partial charge in [-0.3, -0.25) is 10.1 Å². The molecule has 0 fully saturated rings. The Balaban J connectivity index is 1.86. The van der Waals surface area contributed by atoms with Crippen LogP contribution in [0.4, 0.5) is 5.69 Å². The third-order valence-corrected chi connectivity index (χ3v) is 2.97. The first kappa shape index (κ1) is 21.3. The van der Waals surface area contributed by atoms with Crippen LogP contribution >= 0.6 is 0 Å². The molecule has 25 heavy (non-hydrogen) atoms. The summed E-state index contributed by atoms with van der Waals surface area (Å²) in [4.78, 5) is 10.1. The molecule has 8 heteroatoms. The third kappa shape index (κ3) is 11.4. The van der Waals surface area contributed by atoms with E-state index in [4.69, 9.17) is 23.7 Å². The molecule has 0 spiro atoms. The van der Waals surface area contributed by atoms with Crippen LogP contribution in [0.2, 0.25) is 0 Å². The molecule has 0 atom stereocenters. The van der Waals surface area contributed by atoms with Crippen molar-refractivity contribution in [1.82, 2.24) is 0 Å². The number of nitro benzene ring substituents is 1. The smallest absolute Gasteiger partial charge is 0.269 e. The molecule has 142 valence electrons. The van der Waals surface area contributed by atoms with Crippen molar-refractivity contribution in [3.63, 3.8) is 0 Å². The second-order valence-corrected chi connectivity index (χ2v) is 5.36. The van der Waals surface area contributed by atoms with Gasteiger partial charge in [0.05, 0.1) is 57.3 Å². The number of rotatable bonds is 15. The van der Waals surface area contributed by atoms with Crippen LogP contribution in [-0.4, -0.2) is 63.9 Å². The van der Waals surface area contributed by atoms with E-state index in [9.17, 15) is 10.1 Å². The fourth-order valence-electron chi connectivity index (χ4n) is 1.77. The molecule has 1 rings (SSSR count). The van der Waals surface area contributed by atoms with Crippen molar-refractivity contribution >= 4 is 5.69 Å². The van der Waals surface area contributed by atoms with E-state index >= 15 is 0 Å². The minimum Gasteiger partial charge on any atom is -0.491 e. The number of benzene rings is 1. The van der Waals surface area contributed by atoms with E-state index in [2.05, 4.69) is 0 Å². The van der Waals surface area contributed by atoms with Crippen molar-refractivity contribution in [1.29, 1.82) is 0 Å². The van der Waals surface area contributed by atoms with Crippen LogP contribution in [0.3, 0.4) is 0 Å².